The van der Waals surface area contributed by atoms with E-state index in [0.717, 1.165) is 0 Å². The first-order valence-corrected chi connectivity index (χ1v) is 7.11. The smallest absolute Gasteiger partial charge is 0.253 e. The SMILES string of the molecule is CNCC(C)C(=O)Nc1ccccc1C(=O)NC(C)(C)C. The van der Waals surface area contributed by atoms with E-state index in [4.69, 9.17) is 0 Å². The topological polar surface area (TPSA) is 70.2 Å². The Balaban J connectivity index is 2.89. The van der Waals surface area contributed by atoms with Crippen LogP contribution in [0.5, 0.6) is 0 Å². The quantitative estimate of drug-likeness (QED) is 0.777. The van der Waals surface area contributed by atoms with Crippen molar-refractivity contribution in [2.75, 3.05) is 18.9 Å². The summed E-state index contributed by atoms with van der Waals surface area (Å²) in [6.07, 6.45) is 0. The zero-order chi connectivity index (χ0) is 16.0. The molecule has 1 aromatic carbocycles. The van der Waals surface area contributed by atoms with Gasteiger partial charge in [0.2, 0.25) is 5.91 Å². The molecule has 0 aliphatic rings. The van der Waals surface area contributed by atoms with E-state index >= 15 is 0 Å². The third kappa shape index (κ3) is 5.55. The molecule has 3 N–H and O–H groups in total. The summed E-state index contributed by atoms with van der Waals surface area (Å²) >= 11 is 0. The zero-order valence-electron chi connectivity index (χ0n) is 13.4. The van der Waals surface area contributed by atoms with Gasteiger partial charge in [0, 0.05) is 18.0 Å². The minimum atomic E-state index is -0.326. The van der Waals surface area contributed by atoms with Crippen molar-refractivity contribution >= 4 is 17.5 Å². The van der Waals surface area contributed by atoms with Crippen LogP contribution >= 0.6 is 0 Å². The molecule has 0 aliphatic carbocycles. The molecule has 0 aromatic heterocycles. The van der Waals surface area contributed by atoms with Crippen molar-refractivity contribution in [2.45, 2.75) is 33.2 Å². The fraction of sp³-hybridized carbons (Fsp3) is 0.500. The molecule has 0 saturated carbocycles. The molecule has 1 aromatic rings. The minimum absolute atomic E-state index is 0.111. The monoisotopic (exact) mass is 291 g/mol. The van der Waals surface area contributed by atoms with Gasteiger partial charge in [0.05, 0.1) is 11.3 Å². The van der Waals surface area contributed by atoms with E-state index < -0.39 is 0 Å². The number of benzene rings is 1. The number of carbonyl (C=O) groups is 2. The predicted octanol–water partition coefficient (Wildman–Crippen LogP) is 2.01. The first kappa shape index (κ1) is 17.2. The Kier molecular flexibility index (Phi) is 5.90. The molecule has 0 aliphatic heterocycles. The van der Waals surface area contributed by atoms with Crippen molar-refractivity contribution in [2.24, 2.45) is 5.92 Å². The number of amides is 2. The maximum Gasteiger partial charge on any atom is 0.253 e. The lowest BCUT2D eigenvalue weighted by Gasteiger charge is -2.22. The standard InChI is InChI=1S/C16H25N3O2/c1-11(10-17-5)14(20)18-13-9-7-6-8-12(13)15(21)19-16(2,3)4/h6-9,11,17H,10H2,1-5H3,(H,18,20)(H,19,21). The number of rotatable bonds is 5. The molecule has 2 amide bonds. The van der Waals surface area contributed by atoms with Gasteiger partial charge >= 0.3 is 0 Å². The lowest BCUT2D eigenvalue weighted by Crippen LogP contribution is -2.41. The highest BCUT2D eigenvalue weighted by Gasteiger charge is 2.19. The molecule has 0 fully saturated rings. The summed E-state index contributed by atoms with van der Waals surface area (Å²) in [5.74, 6) is -0.478. The molecule has 0 bridgehead atoms. The van der Waals surface area contributed by atoms with Gasteiger partial charge in [-0.05, 0) is 40.0 Å². The van der Waals surface area contributed by atoms with Crippen LogP contribution in [0, 0.1) is 5.92 Å². The second kappa shape index (κ2) is 7.22. The molecule has 1 rings (SSSR count). The molecule has 5 heteroatoms. The first-order chi connectivity index (χ1) is 9.74. The van der Waals surface area contributed by atoms with E-state index in [1.165, 1.54) is 0 Å². The Morgan fingerprint density at radius 1 is 1.19 bits per heavy atom. The summed E-state index contributed by atoms with van der Waals surface area (Å²) in [6.45, 7) is 8.18. The van der Waals surface area contributed by atoms with E-state index in [1.807, 2.05) is 27.7 Å². The fourth-order valence-electron chi connectivity index (χ4n) is 1.85. The van der Waals surface area contributed by atoms with E-state index in [-0.39, 0.29) is 23.3 Å². The molecule has 0 spiro atoms. The maximum absolute atomic E-state index is 12.3. The number of para-hydroxylation sites is 1. The van der Waals surface area contributed by atoms with Crippen LogP contribution < -0.4 is 16.0 Å². The van der Waals surface area contributed by atoms with Crippen LogP contribution in [-0.2, 0) is 4.79 Å². The Morgan fingerprint density at radius 3 is 2.38 bits per heavy atom. The van der Waals surface area contributed by atoms with Crippen LogP contribution in [0.1, 0.15) is 38.1 Å². The Labute approximate surface area is 126 Å². The number of nitrogens with one attached hydrogen (secondary N) is 3. The average molecular weight is 291 g/mol. The molecular formula is C16H25N3O2. The van der Waals surface area contributed by atoms with Gasteiger partial charge in [0.15, 0.2) is 0 Å². The van der Waals surface area contributed by atoms with Crippen LogP contribution in [0.4, 0.5) is 5.69 Å². The van der Waals surface area contributed by atoms with Crippen molar-refractivity contribution < 1.29 is 9.59 Å². The molecule has 0 heterocycles. The van der Waals surface area contributed by atoms with E-state index in [0.29, 0.717) is 17.8 Å². The third-order valence-electron chi connectivity index (χ3n) is 2.88. The third-order valence-corrected chi connectivity index (χ3v) is 2.88. The van der Waals surface area contributed by atoms with Gasteiger partial charge in [-0.1, -0.05) is 19.1 Å². The molecule has 5 nitrogen and oxygen atoms in total. The van der Waals surface area contributed by atoms with Gasteiger partial charge in [0.1, 0.15) is 0 Å². The average Bonchev–Trinajstić information content (AvgIpc) is 2.37. The molecule has 0 radical (unpaired) electrons. The van der Waals surface area contributed by atoms with Gasteiger partial charge in [0.25, 0.3) is 5.91 Å². The minimum Gasteiger partial charge on any atom is -0.347 e. The van der Waals surface area contributed by atoms with Gasteiger partial charge < -0.3 is 16.0 Å². The lowest BCUT2D eigenvalue weighted by atomic mass is 10.1. The predicted molar refractivity (Wildman–Crippen MR) is 85.4 cm³/mol. The van der Waals surface area contributed by atoms with Crippen LogP contribution in [0.2, 0.25) is 0 Å². The van der Waals surface area contributed by atoms with Crippen molar-refractivity contribution in [1.29, 1.82) is 0 Å². The van der Waals surface area contributed by atoms with Crippen molar-refractivity contribution in [3.8, 4) is 0 Å². The summed E-state index contributed by atoms with van der Waals surface area (Å²) < 4.78 is 0. The lowest BCUT2D eigenvalue weighted by molar-refractivity contribution is -0.119. The largest absolute Gasteiger partial charge is 0.347 e. The summed E-state index contributed by atoms with van der Waals surface area (Å²) in [7, 11) is 1.80. The summed E-state index contributed by atoms with van der Waals surface area (Å²) in [4.78, 5) is 24.4. The van der Waals surface area contributed by atoms with E-state index in [9.17, 15) is 9.59 Å². The van der Waals surface area contributed by atoms with E-state index in [1.54, 1.807) is 31.3 Å². The van der Waals surface area contributed by atoms with Crippen LogP contribution in [0.3, 0.4) is 0 Å². The molecule has 0 saturated heterocycles. The first-order valence-electron chi connectivity index (χ1n) is 7.11. The van der Waals surface area contributed by atoms with Gasteiger partial charge in [-0.25, -0.2) is 0 Å². The van der Waals surface area contributed by atoms with Crippen LogP contribution in [-0.4, -0.2) is 30.9 Å². The second-order valence-corrected chi connectivity index (χ2v) is 6.20. The van der Waals surface area contributed by atoms with Crippen molar-refractivity contribution in [3.63, 3.8) is 0 Å². The number of hydrogen-bond donors (Lipinski definition) is 3. The highest BCUT2D eigenvalue weighted by Crippen LogP contribution is 2.17. The Morgan fingerprint density at radius 2 is 1.81 bits per heavy atom. The van der Waals surface area contributed by atoms with Gasteiger partial charge in [-0.15, -0.1) is 0 Å². The van der Waals surface area contributed by atoms with Gasteiger partial charge in [-0.2, -0.15) is 0 Å². The Hall–Kier alpha value is -1.88. The fourth-order valence-corrected chi connectivity index (χ4v) is 1.85. The summed E-state index contributed by atoms with van der Waals surface area (Å²) in [5, 5.41) is 8.69. The van der Waals surface area contributed by atoms with Crippen LogP contribution in [0.25, 0.3) is 0 Å². The van der Waals surface area contributed by atoms with E-state index in [2.05, 4.69) is 16.0 Å². The molecule has 116 valence electrons. The number of carbonyl (C=O) groups excluding carboxylic acids is 2. The highest BCUT2D eigenvalue weighted by atomic mass is 16.2. The van der Waals surface area contributed by atoms with Crippen LogP contribution in [0.15, 0.2) is 24.3 Å². The maximum atomic E-state index is 12.3. The summed E-state index contributed by atoms with van der Waals surface area (Å²) in [5.41, 5.74) is 0.679. The molecule has 1 atom stereocenters. The molecule has 21 heavy (non-hydrogen) atoms. The molecule has 1 unspecified atom stereocenters. The van der Waals surface area contributed by atoms with Crippen molar-refractivity contribution in [3.05, 3.63) is 29.8 Å². The number of anilines is 1. The highest BCUT2D eigenvalue weighted by molar-refractivity contribution is 6.04. The molecular weight excluding hydrogens is 266 g/mol. The Bertz CT molecular complexity index is 506. The number of hydrogen-bond acceptors (Lipinski definition) is 3. The zero-order valence-corrected chi connectivity index (χ0v) is 13.4. The van der Waals surface area contributed by atoms with Crippen molar-refractivity contribution in [1.82, 2.24) is 10.6 Å². The second-order valence-electron chi connectivity index (χ2n) is 6.20. The van der Waals surface area contributed by atoms with Gasteiger partial charge in [-0.3, -0.25) is 9.59 Å². The normalized spacial score (nSPS) is 12.6. The summed E-state index contributed by atoms with van der Waals surface area (Å²) in [6, 6.07) is 7.03.